The first-order chi connectivity index (χ1) is 13.1. The predicted molar refractivity (Wildman–Crippen MR) is 107 cm³/mol. The van der Waals surface area contributed by atoms with Crippen molar-refractivity contribution in [2.24, 2.45) is 0 Å². The highest BCUT2D eigenvalue weighted by Gasteiger charge is 2.39. The fourth-order valence-electron chi connectivity index (χ4n) is 3.19. The van der Waals surface area contributed by atoms with Crippen molar-refractivity contribution >= 4 is 16.7 Å². The minimum absolute atomic E-state index is 0.297. The third-order valence-corrected chi connectivity index (χ3v) is 4.83. The molecule has 0 saturated heterocycles. The Morgan fingerprint density at radius 3 is 2.41 bits per heavy atom. The first-order valence-electron chi connectivity index (χ1n) is 8.83. The molecule has 0 aliphatic heterocycles. The zero-order chi connectivity index (χ0) is 19.3. The number of hydrogen-bond acceptors (Lipinski definition) is 3. The summed E-state index contributed by atoms with van der Waals surface area (Å²) in [5.74, 6) is 2.13. The molecule has 0 heterocycles. The number of hydrogen-bond donors (Lipinski definition) is 0. The van der Waals surface area contributed by atoms with E-state index in [1.807, 2.05) is 72.8 Å². The van der Waals surface area contributed by atoms with Crippen LogP contribution < -0.4 is 0 Å². The summed E-state index contributed by atoms with van der Waals surface area (Å²) in [5.41, 5.74) is 0.378. The van der Waals surface area contributed by atoms with Crippen LogP contribution in [-0.4, -0.2) is 13.1 Å². The number of ether oxygens (including phenoxy) is 2. The lowest BCUT2D eigenvalue weighted by atomic mass is 9.90. The van der Waals surface area contributed by atoms with Gasteiger partial charge in [0, 0.05) is 12.7 Å². The molecule has 2 atom stereocenters. The van der Waals surface area contributed by atoms with E-state index in [1.165, 1.54) is 7.11 Å². The fourth-order valence-corrected chi connectivity index (χ4v) is 3.19. The van der Waals surface area contributed by atoms with Crippen molar-refractivity contribution in [2.75, 3.05) is 7.11 Å². The number of terminal acetylenes is 1. The standard InChI is InChI=1S/C24H22O3/c1-4-11-22(19-13-6-5-7-14-19)27-23(25)24(2,26-3)21-17-10-15-18-12-8-9-16-20(18)21/h1,5-10,12-17,22H,11H2,2-3H3/t22-,24+/m0/s1. The SMILES string of the molecule is C#CC[C@H](OC(=O)[C@](C)(OC)c1cccc2ccccc12)c1ccccc1. The molecule has 3 nitrogen and oxygen atoms in total. The van der Waals surface area contributed by atoms with Gasteiger partial charge in [0.25, 0.3) is 0 Å². The second-order valence-electron chi connectivity index (χ2n) is 6.48. The van der Waals surface area contributed by atoms with Crippen LogP contribution in [-0.2, 0) is 19.9 Å². The second-order valence-corrected chi connectivity index (χ2v) is 6.48. The number of methoxy groups -OCH3 is 1. The number of esters is 1. The van der Waals surface area contributed by atoms with Gasteiger partial charge in [0.15, 0.2) is 5.60 Å². The third kappa shape index (κ3) is 3.72. The van der Waals surface area contributed by atoms with Crippen LogP contribution in [0.25, 0.3) is 10.8 Å². The van der Waals surface area contributed by atoms with Crippen molar-refractivity contribution in [1.29, 1.82) is 0 Å². The van der Waals surface area contributed by atoms with E-state index in [0.717, 1.165) is 21.9 Å². The van der Waals surface area contributed by atoms with Crippen LogP contribution in [0.15, 0.2) is 72.8 Å². The average molecular weight is 358 g/mol. The molecule has 0 fully saturated rings. The zero-order valence-electron chi connectivity index (χ0n) is 15.5. The molecule has 0 aliphatic rings. The highest BCUT2D eigenvalue weighted by molar-refractivity contribution is 5.92. The topological polar surface area (TPSA) is 35.5 Å². The Morgan fingerprint density at radius 2 is 1.70 bits per heavy atom. The molecule has 0 aliphatic carbocycles. The van der Waals surface area contributed by atoms with Crippen LogP contribution in [0.5, 0.6) is 0 Å². The van der Waals surface area contributed by atoms with Crippen LogP contribution >= 0.6 is 0 Å². The molecule has 0 unspecified atom stereocenters. The van der Waals surface area contributed by atoms with Crippen molar-refractivity contribution in [1.82, 2.24) is 0 Å². The predicted octanol–water partition coefficient (Wildman–Crippen LogP) is 5.01. The van der Waals surface area contributed by atoms with Crippen LogP contribution in [0, 0.1) is 12.3 Å². The molecule has 0 aromatic heterocycles. The molecular weight excluding hydrogens is 336 g/mol. The van der Waals surface area contributed by atoms with Gasteiger partial charge in [-0.2, -0.15) is 0 Å². The molecular formula is C24H22O3. The number of carbonyl (C=O) groups excluding carboxylic acids is 1. The first kappa shape index (κ1) is 18.7. The summed E-state index contributed by atoms with van der Waals surface area (Å²) < 4.78 is 11.5. The summed E-state index contributed by atoms with van der Waals surface area (Å²) >= 11 is 0. The quantitative estimate of drug-likeness (QED) is 0.459. The molecule has 3 aromatic rings. The average Bonchev–Trinajstić information content (AvgIpc) is 2.73. The molecule has 3 aromatic carbocycles. The Kier molecular flexibility index (Phi) is 5.59. The Morgan fingerprint density at radius 1 is 1.04 bits per heavy atom. The number of fused-ring (bicyclic) bond motifs is 1. The van der Waals surface area contributed by atoms with E-state index in [9.17, 15) is 4.79 Å². The van der Waals surface area contributed by atoms with Gasteiger partial charge in [-0.25, -0.2) is 4.79 Å². The molecule has 0 spiro atoms. The maximum atomic E-state index is 13.2. The van der Waals surface area contributed by atoms with E-state index in [4.69, 9.17) is 15.9 Å². The van der Waals surface area contributed by atoms with Crippen molar-refractivity contribution < 1.29 is 14.3 Å². The van der Waals surface area contributed by atoms with Gasteiger partial charge in [-0.3, -0.25) is 0 Å². The fraction of sp³-hybridized carbons (Fsp3) is 0.208. The minimum atomic E-state index is -1.25. The monoisotopic (exact) mass is 358 g/mol. The summed E-state index contributed by atoms with van der Waals surface area (Å²) in [4.78, 5) is 13.2. The van der Waals surface area contributed by atoms with E-state index in [2.05, 4.69) is 5.92 Å². The molecule has 136 valence electrons. The van der Waals surface area contributed by atoms with Gasteiger partial charge in [-0.15, -0.1) is 12.3 Å². The summed E-state index contributed by atoms with van der Waals surface area (Å²) in [5, 5.41) is 1.99. The van der Waals surface area contributed by atoms with Gasteiger partial charge in [0.1, 0.15) is 6.10 Å². The van der Waals surface area contributed by atoms with E-state index in [0.29, 0.717) is 6.42 Å². The maximum absolute atomic E-state index is 13.2. The Bertz CT molecular complexity index is 966. The molecule has 3 heteroatoms. The van der Waals surface area contributed by atoms with Gasteiger partial charge >= 0.3 is 5.97 Å². The highest BCUT2D eigenvalue weighted by atomic mass is 16.6. The minimum Gasteiger partial charge on any atom is -0.454 e. The zero-order valence-corrected chi connectivity index (χ0v) is 15.5. The van der Waals surface area contributed by atoms with Gasteiger partial charge < -0.3 is 9.47 Å². The van der Waals surface area contributed by atoms with Gasteiger partial charge in [0.2, 0.25) is 0 Å². The van der Waals surface area contributed by atoms with Crippen molar-refractivity contribution in [2.45, 2.75) is 25.0 Å². The lowest BCUT2D eigenvalue weighted by Gasteiger charge is -2.29. The molecule has 0 radical (unpaired) electrons. The molecule has 0 bridgehead atoms. The summed E-state index contributed by atoms with van der Waals surface area (Å²) in [7, 11) is 1.52. The van der Waals surface area contributed by atoms with Crippen LogP contribution in [0.1, 0.15) is 30.6 Å². The van der Waals surface area contributed by atoms with Gasteiger partial charge in [-0.1, -0.05) is 72.8 Å². The van der Waals surface area contributed by atoms with E-state index >= 15 is 0 Å². The Balaban J connectivity index is 1.98. The van der Waals surface area contributed by atoms with E-state index in [-0.39, 0.29) is 0 Å². The number of rotatable bonds is 6. The molecule has 0 saturated carbocycles. The van der Waals surface area contributed by atoms with Gasteiger partial charge in [0.05, 0.1) is 6.42 Å². The lowest BCUT2D eigenvalue weighted by Crippen LogP contribution is -2.37. The van der Waals surface area contributed by atoms with Gasteiger partial charge in [-0.05, 0) is 23.3 Å². The van der Waals surface area contributed by atoms with Crippen LogP contribution in [0.2, 0.25) is 0 Å². The third-order valence-electron chi connectivity index (χ3n) is 4.83. The molecule has 0 amide bonds. The number of benzene rings is 3. The lowest BCUT2D eigenvalue weighted by molar-refractivity contribution is -0.174. The van der Waals surface area contributed by atoms with E-state index < -0.39 is 17.7 Å². The number of carbonyl (C=O) groups is 1. The Hall–Kier alpha value is -3.09. The Labute approximate surface area is 159 Å². The highest BCUT2D eigenvalue weighted by Crippen LogP contribution is 2.34. The molecule has 27 heavy (non-hydrogen) atoms. The normalized spacial score (nSPS) is 14.1. The summed E-state index contributed by atoms with van der Waals surface area (Å²) in [6.07, 6.45) is 5.27. The summed E-state index contributed by atoms with van der Waals surface area (Å²) in [6, 6.07) is 23.2. The van der Waals surface area contributed by atoms with Crippen molar-refractivity contribution in [3.63, 3.8) is 0 Å². The molecule has 0 N–H and O–H groups in total. The smallest absolute Gasteiger partial charge is 0.343 e. The summed E-state index contributed by atoms with van der Waals surface area (Å²) in [6.45, 7) is 1.73. The van der Waals surface area contributed by atoms with Crippen molar-refractivity contribution in [3.05, 3.63) is 83.9 Å². The van der Waals surface area contributed by atoms with Crippen LogP contribution in [0.3, 0.4) is 0 Å². The second kappa shape index (κ2) is 8.07. The largest absolute Gasteiger partial charge is 0.454 e. The van der Waals surface area contributed by atoms with E-state index in [1.54, 1.807) is 6.92 Å². The van der Waals surface area contributed by atoms with Crippen molar-refractivity contribution in [3.8, 4) is 12.3 Å². The maximum Gasteiger partial charge on any atom is 0.343 e. The first-order valence-corrected chi connectivity index (χ1v) is 8.83. The molecule has 3 rings (SSSR count). The van der Waals surface area contributed by atoms with Crippen LogP contribution in [0.4, 0.5) is 0 Å².